The molecular formula is C14H21N9O2. The van der Waals surface area contributed by atoms with Crippen LogP contribution in [0.3, 0.4) is 0 Å². The largest absolute Gasteiger partial charge is 0.390 e. The molecule has 3 rings (SSSR count). The lowest BCUT2D eigenvalue weighted by atomic mass is 10.2. The van der Waals surface area contributed by atoms with Crippen molar-refractivity contribution in [2.24, 2.45) is 0 Å². The first-order chi connectivity index (χ1) is 12.0. The fourth-order valence-corrected chi connectivity index (χ4v) is 2.80. The Balaban J connectivity index is 1.61. The van der Waals surface area contributed by atoms with Gasteiger partial charge in [0.1, 0.15) is 12.4 Å². The molecule has 11 nitrogen and oxygen atoms in total. The molecule has 0 aromatic carbocycles. The lowest BCUT2D eigenvalue weighted by Gasteiger charge is -2.22. The number of carbonyl (C=O) groups is 1. The Morgan fingerprint density at radius 3 is 2.88 bits per heavy atom. The number of hydrogen-bond acceptors (Lipinski definition) is 9. The van der Waals surface area contributed by atoms with Gasteiger partial charge in [0, 0.05) is 44.5 Å². The maximum atomic E-state index is 12.4. The summed E-state index contributed by atoms with van der Waals surface area (Å²) in [5.74, 6) is 0.363. The lowest BCUT2D eigenvalue weighted by molar-refractivity contribution is -0.132. The molecule has 0 bridgehead atoms. The second-order valence-corrected chi connectivity index (χ2v) is 5.97. The molecule has 5 N–H and O–H groups in total. The molecule has 1 unspecified atom stereocenters. The highest BCUT2D eigenvalue weighted by molar-refractivity contribution is 5.76. The highest BCUT2D eigenvalue weighted by atomic mass is 16.3. The van der Waals surface area contributed by atoms with Crippen LogP contribution in [-0.2, 0) is 17.9 Å². The maximum Gasteiger partial charge on any atom is 0.244 e. The number of nitrogen functional groups attached to an aromatic ring is 2. The quantitative estimate of drug-likeness (QED) is 0.566. The Hall–Kier alpha value is -2.79. The van der Waals surface area contributed by atoms with Gasteiger partial charge in [-0.05, 0) is 16.5 Å². The van der Waals surface area contributed by atoms with Gasteiger partial charge in [0.2, 0.25) is 11.9 Å². The summed E-state index contributed by atoms with van der Waals surface area (Å²) in [5.41, 5.74) is 12.4. The van der Waals surface area contributed by atoms with Crippen LogP contribution in [-0.4, -0.2) is 78.3 Å². The summed E-state index contributed by atoms with van der Waals surface area (Å²) < 4.78 is 1.23. The van der Waals surface area contributed by atoms with Gasteiger partial charge in [-0.25, -0.2) is 9.67 Å². The van der Waals surface area contributed by atoms with Crippen LogP contribution in [0.15, 0.2) is 18.3 Å². The smallest absolute Gasteiger partial charge is 0.244 e. The highest BCUT2D eigenvalue weighted by Gasteiger charge is 2.25. The van der Waals surface area contributed by atoms with Gasteiger partial charge in [-0.1, -0.05) is 11.2 Å². The number of carbonyl (C=O) groups excluding carboxylic acids is 1. The molecule has 3 heterocycles. The minimum Gasteiger partial charge on any atom is -0.390 e. The molecular weight excluding hydrogens is 326 g/mol. The van der Waals surface area contributed by atoms with E-state index in [4.69, 9.17) is 11.5 Å². The van der Waals surface area contributed by atoms with Crippen LogP contribution in [0.4, 0.5) is 11.8 Å². The van der Waals surface area contributed by atoms with Gasteiger partial charge in [-0.15, -0.1) is 0 Å². The number of hydrogen-bond donors (Lipinski definition) is 3. The minimum atomic E-state index is -0.657. The SMILES string of the molecule is Nc1ncccc1CN1CCN(C(=O)Cn2nnnc2N)CC(O)C1. The molecule has 1 atom stereocenters. The van der Waals surface area contributed by atoms with E-state index in [0.29, 0.717) is 32.0 Å². The van der Waals surface area contributed by atoms with E-state index >= 15 is 0 Å². The average molecular weight is 347 g/mol. The van der Waals surface area contributed by atoms with Crippen molar-refractivity contribution in [1.82, 2.24) is 35.0 Å². The van der Waals surface area contributed by atoms with Crippen LogP contribution in [0.2, 0.25) is 0 Å². The van der Waals surface area contributed by atoms with Crippen LogP contribution in [0, 0.1) is 0 Å². The number of amides is 1. The van der Waals surface area contributed by atoms with Crippen LogP contribution < -0.4 is 11.5 Å². The number of nitrogens with two attached hydrogens (primary N) is 2. The second-order valence-electron chi connectivity index (χ2n) is 5.97. The molecule has 0 saturated carbocycles. The molecule has 134 valence electrons. The molecule has 1 fully saturated rings. The van der Waals surface area contributed by atoms with E-state index < -0.39 is 6.10 Å². The summed E-state index contributed by atoms with van der Waals surface area (Å²) in [4.78, 5) is 20.1. The number of β-amino-alcohol motifs (C(OH)–C–C–N with tert-alkyl or cyclic N) is 1. The normalized spacial score (nSPS) is 18.9. The second kappa shape index (κ2) is 7.40. The molecule has 1 saturated heterocycles. The molecule has 11 heteroatoms. The zero-order valence-corrected chi connectivity index (χ0v) is 13.7. The van der Waals surface area contributed by atoms with Crippen LogP contribution in [0.1, 0.15) is 5.56 Å². The maximum absolute atomic E-state index is 12.4. The van der Waals surface area contributed by atoms with E-state index in [1.54, 1.807) is 11.1 Å². The summed E-state index contributed by atoms with van der Waals surface area (Å²) in [5, 5.41) is 20.9. The Morgan fingerprint density at radius 1 is 1.32 bits per heavy atom. The number of aliphatic hydroxyl groups excluding tert-OH is 1. The summed E-state index contributed by atoms with van der Waals surface area (Å²) in [7, 11) is 0. The number of aromatic nitrogens is 5. The van der Waals surface area contributed by atoms with E-state index in [1.165, 1.54) is 4.68 Å². The molecule has 25 heavy (non-hydrogen) atoms. The fourth-order valence-electron chi connectivity index (χ4n) is 2.80. The Morgan fingerprint density at radius 2 is 2.16 bits per heavy atom. The Kier molecular flexibility index (Phi) is 5.05. The number of rotatable bonds is 4. The van der Waals surface area contributed by atoms with Gasteiger partial charge in [0.15, 0.2) is 0 Å². The van der Waals surface area contributed by atoms with Crippen molar-refractivity contribution in [3.05, 3.63) is 23.9 Å². The van der Waals surface area contributed by atoms with Gasteiger partial charge in [-0.3, -0.25) is 9.69 Å². The predicted molar refractivity (Wildman–Crippen MR) is 88.7 cm³/mol. The molecule has 2 aromatic rings. The number of aliphatic hydroxyl groups is 1. The number of nitrogens with zero attached hydrogens (tertiary/aromatic N) is 7. The van der Waals surface area contributed by atoms with E-state index in [1.807, 2.05) is 12.1 Å². The van der Waals surface area contributed by atoms with E-state index in [9.17, 15) is 9.90 Å². The zero-order chi connectivity index (χ0) is 17.8. The van der Waals surface area contributed by atoms with E-state index in [-0.39, 0.29) is 24.9 Å². The first-order valence-electron chi connectivity index (χ1n) is 7.92. The summed E-state index contributed by atoms with van der Waals surface area (Å²) in [6, 6.07) is 3.73. The van der Waals surface area contributed by atoms with E-state index in [2.05, 4.69) is 25.4 Å². The van der Waals surface area contributed by atoms with Crippen molar-refractivity contribution in [1.29, 1.82) is 0 Å². The predicted octanol–water partition coefficient (Wildman–Crippen LogP) is -2.06. The van der Waals surface area contributed by atoms with Crippen LogP contribution in [0.5, 0.6) is 0 Å². The first kappa shape index (κ1) is 17.0. The van der Waals surface area contributed by atoms with Crippen molar-refractivity contribution < 1.29 is 9.90 Å². The van der Waals surface area contributed by atoms with Crippen molar-refractivity contribution in [3.63, 3.8) is 0 Å². The average Bonchev–Trinajstić information content (AvgIpc) is 2.87. The molecule has 2 aromatic heterocycles. The summed E-state index contributed by atoms with van der Waals surface area (Å²) in [6.07, 6.45) is 0.983. The van der Waals surface area contributed by atoms with Crippen molar-refractivity contribution in [2.75, 3.05) is 37.6 Å². The molecule has 0 spiro atoms. The third-order valence-electron chi connectivity index (χ3n) is 4.10. The topological polar surface area (TPSA) is 152 Å². The van der Waals surface area contributed by atoms with Gasteiger partial charge < -0.3 is 21.5 Å². The fraction of sp³-hybridized carbons (Fsp3) is 0.500. The summed E-state index contributed by atoms with van der Waals surface area (Å²) in [6.45, 7) is 2.31. The molecule has 1 aliphatic heterocycles. The van der Waals surface area contributed by atoms with Crippen molar-refractivity contribution >= 4 is 17.7 Å². The van der Waals surface area contributed by atoms with Crippen molar-refractivity contribution in [2.45, 2.75) is 19.2 Å². The molecule has 1 amide bonds. The molecule has 0 aliphatic carbocycles. The van der Waals surface area contributed by atoms with Gasteiger partial charge >= 0.3 is 0 Å². The highest BCUT2D eigenvalue weighted by Crippen LogP contribution is 2.13. The molecule has 0 radical (unpaired) electrons. The van der Waals surface area contributed by atoms with Crippen LogP contribution in [0.25, 0.3) is 0 Å². The Bertz CT molecular complexity index is 735. The monoisotopic (exact) mass is 347 g/mol. The third-order valence-corrected chi connectivity index (χ3v) is 4.10. The number of anilines is 2. The first-order valence-corrected chi connectivity index (χ1v) is 7.92. The number of tetrazole rings is 1. The van der Waals surface area contributed by atoms with Crippen LogP contribution >= 0.6 is 0 Å². The van der Waals surface area contributed by atoms with Gasteiger partial charge in [-0.2, -0.15) is 0 Å². The Labute approximate surface area is 144 Å². The third kappa shape index (κ3) is 4.19. The van der Waals surface area contributed by atoms with Gasteiger partial charge in [0.25, 0.3) is 0 Å². The standard InChI is InChI=1S/C14H21N9O2/c15-13-10(2-1-3-17-13)6-21-4-5-22(8-11(24)7-21)12(25)9-23-14(16)18-19-20-23/h1-3,11,24H,4-9H2,(H2,15,17)(H2,16,18,20). The van der Waals surface area contributed by atoms with Crippen molar-refractivity contribution in [3.8, 4) is 0 Å². The molecule has 1 aliphatic rings. The van der Waals surface area contributed by atoms with Gasteiger partial charge in [0.05, 0.1) is 6.10 Å². The lowest BCUT2D eigenvalue weighted by Crippen LogP contribution is -2.39. The van der Waals surface area contributed by atoms with E-state index in [0.717, 1.165) is 5.56 Å². The minimum absolute atomic E-state index is 0.0545. The summed E-state index contributed by atoms with van der Waals surface area (Å²) >= 11 is 0. The zero-order valence-electron chi connectivity index (χ0n) is 13.7. The number of pyridine rings is 1.